The van der Waals surface area contributed by atoms with E-state index in [4.69, 9.17) is 13.5 Å². The lowest BCUT2D eigenvalue weighted by Gasteiger charge is -2.25. The Morgan fingerprint density at radius 3 is 1.77 bits per heavy atom. The van der Waals surface area contributed by atoms with E-state index in [0.29, 0.717) is 22.4 Å². The summed E-state index contributed by atoms with van der Waals surface area (Å²) in [5.41, 5.74) is 13.8. The van der Waals surface area contributed by atoms with Crippen LogP contribution in [0.5, 0.6) is 0 Å². The smallest absolute Gasteiger partial charge is 0.149 e. The summed E-state index contributed by atoms with van der Waals surface area (Å²) >= 11 is 0. The van der Waals surface area contributed by atoms with Gasteiger partial charge in [0.1, 0.15) is 17.0 Å². The molecule has 0 radical (unpaired) electrons. The molecule has 9 rings (SSSR count). The largest absolute Gasteiger partial charge is 0.455 e. The molecule has 3 heteroatoms. The topological polar surface area (TPSA) is 31.0 Å². The molecule has 53 heavy (non-hydrogen) atoms. The number of fused-ring (bicyclic) bond motifs is 4. The third-order valence-electron chi connectivity index (χ3n) is 10.5. The maximum Gasteiger partial charge on any atom is 0.149 e. The van der Waals surface area contributed by atoms with Crippen molar-refractivity contribution in [1.82, 2.24) is 9.55 Å². The zero-order valence-corrected chi connectivity index (χ0v) is 30.4. The van der Waals surface area contributed by atoms with Crippen LogP contribution < -0.4 is 0 Å². The highest BCUT2D eigenvalue weighted by atomic mass is 16.3. The fourth-order valence-electron chi connectivity index (χ4n) is 7.78. The van der Waals surface area contributed by atoms with Crippen molar-refractivity contribution in [2.75, 3.05) is 0 Å². The highest BCUT2D eigenvalue weighted by Gasteiger charge is 2.26. The summed E-state index contributed by atoms with van der Waals surface area (Å²) in [7, 11) is 0. The number of aromatic nitrogens is 2. The summed E-state index contributed by atoms with van der Waals surface area (Å²) in [6.45, 7) is 6.46. The summed E-state index contributed by atoms with van der Waals surface area (Å²) < 4.78 is 35.0. The van der Waals surface area contributed by atoms with E-state index in [1.54, 1.807) is 12.1 Å². The van der Waals surface area contributed by atoms with Crippen molar-refractivity contribution in [2.24, 2.45) is 0 Å². The zero-order valence-electron chi connectivity index (χ0n) is 33.4. The van der Waals surface area contributed by atoms with E-state index in [0.717, 1.165) is 61.0 Å². The summed E-state index contributed by atoms with van der Waals surface area (Å²) in [5, 5.41) is 2.00. The number of nitrogens with zero attached hydrogens (tertiary/aromatic N) is 2. The van der Waals surface area contributed by atoms with Gasteiger partial charge in [-0.15, -0.1) is 0 Å². The second kappa shape index (κ2) is 13.1. The normalized spacial score (nSPS) is 12.9. The molecule has 0 N–H and O–H groups in total. The zero-order chi connectivity index (χ0) is 38.7. The van der Waals surface area contributed by atoms with Gasteiger partial charge in [-0.1, -0.05) is 143 Å². The van der Waals surface area contributed by atoms with Crippen LogP contribution in [0.3, 0.4) is 0 Å². The van der Waals surface area contributed by atoms with Crippen molar-refractivity contribution < 1.29 is 8.53 Å². The number of hydrogen-bond donors (Lipinski definition) is 0. The molecule has 0 saturated heterocycles. The average molecular weight is 690 g/mol. The first-order valence-corrected chi connectivity index (χ1v) is 18.4. The second-order valence-corrected chi connectivity index (χ2v) is 14.6. The summed E-state index contributed by atoms with van der Waals surface area (Å²) in [5.74, 6) is 0.859. The van der Waals surface area contributed by atoms with E-state index < -0.39 is 6.85 Å². The first-order chi connectivity index (χ1) is 27.1. The van der Waals surface area contributed by atoms with Gasteiger partial charge in [-0.05, 0) is 105 Å². The Bertz CT molecular complexity index is 2850. The van der Waals surface area contributed by atoms with Crippen LogP contribution in [0.25, 0.3) is 83.4 Å². The van der Waals surface area contributed by atoms with Crippen LogP contribution in [0.15, 0.2) is 156 Å². The molecule has 9 aromatic rings. The quantitative estimate of drug-likeness (QED) is 0.167. The first kappa shape index (κ1) is 29.4. The van der Waals surface area contributed by atoms with E-state index in [-0.39, 0.29) is 17.4 Å². The van der Waals surface area contributed by atoms with Gasteiger partial charge in [0.05, 0.1) is 22.3 Å². The third-order valence-corrected chi connectivity index (χ3v) is 10.5. The fourth-order valence-corrected chi connectivity index (χ4v) is 7.78. The number of para-hydroxylation sites is 2. The maximum atomic E-state index is 8.70. The molecule has 3 nitrogen and oxygen atoms in total. The molecule has 0 aliphatic rings. The van der Waals surface area contributed by atoms with Crippen LogP contribution in [-0.4, -0.2) is 9.55 Å². The lowest BCUT2D eigenvalue weighted by Crippen LogP contribution is -2.10. The Morgan fingerprint density at radius 2 is 1.13 bits per heavy atom. The minimum atomic E-state index is -2.37. The fraction of sp³-hybridized carbons (Fsp3) is 0.140. The minimum Gasteiger partial charge on any atom is -0.455 e. The Labute approximate surface area is 315 Å². The number of furan rings is 1. The van der Waals surface area contributed by atoms with E-state index in [9.17, 15) is 0 Å². The monoisotopic (exact) mass is 689 g/mol. The predicted molar refractivity (Wildman–Crippen MR) is 223 cm³/mol. The molecule has 0 atom stereocenters. The van der Waals surface area contributed by atoms with Gasteiger partial charge in [-0.3, -0.25) is 4.57 Å². The Balaban J connectivity index is 1.31. The standard InChI is InChI=1S/C50H42N2O/c1-31(2)43-28-39(37-24-22-36(23-25-37)34-15-8-6-9-16-34)29-44(32(3)4)48(43)52-47-33(5)14-12-21-45(47)51-50(52)42-20-13-19-41-40-27-26-38(30-46(40)53-49(41)42)35-17-10-7-11-18-35/h6-32H,1-5H3/i5D3. The minimum absolute atomic E-state index is 0.106. The molecule has 0 saturated carbocycles. The van der Waals surface area contributed by atoms with Gasteiger partial charge in [0.25, 0.3) is 0 Å². The average Bonchev–Trinajstić information content (AvgIpc) is 3.79. The molecule has 0 unspecified atom stereocenters. The van der Waals surface area contributed by atoms with Gasteiger partial charge in [-0.2, -0.15) is 0 Å². The van der Waals surface area contributed by atoms with Crippen molar-refractivity contribution in [2.45, 2.75) is 46.4 Å². The van der Waals surface area contributed by atoms with Crippen LogP contribution in [0, 0.1) is 6.85 Å². The van der Waals surface area contributed by atoms with Crippen LogP contribution in [0.1, 0.15) is 60.3 Å². The van der Waals surface area contributed by atoms with E-state index >= 15 is 0 Å². The molecule has 0 spiro atoms. The molecule has 0 fully saturated rings. The van der Waals surface area contributed by atoms with Crippen LogP contribution in [0.4, 0.5) is 0 Å². The van der Waals surface area contributed by atoms with Gasteiger partial charge >= 0.3 is 0 Å². The van der Waals surface area contributed by atoms with Crippen LogP contribution in [0.2, 0.25) is 0 Å². The van der Waals surface area contributed by atoms with E-state index in [1.807, 2.05) is 42.5 Å². The van der Waals surface area contributed by atoms with Crippen molar-refractivity contribution in [3.63, 3.8) is 0 Å². The molecular formula is C50H42N2O. The molecular weight excluding hydrogens is 645 g/mol. The van der Waals surface area contributed by atoms with E-state index in [1.165, 1.54) is 11.1 Å². The van der Waals surface area contributed by atoms with Crippen molar-refractivity contribution >= 4 is 33.0 Å². The molecule has 258 valence electrons. The number of imidazole rings is 1. The van der Waals surface area contributed by atoms with Gasteiger partial charge in [-0.25, -0.2) is 4.98 Å². The number of hydrogen-bond acceptors (Lipinski definition) is 2. The highest BCUT2D eigenvalue weighted by Crippen LogP contribution is 2.43. The molecule has 0 aliphatic heterocycles. The summed E-state index contributed by atoms with van der Waals surface area (Å²) in [4.78, 5) is 5.29. The first-order valence-electron chi connectivity index (χ1n) is 19.9. The Kier molecular flexibility index (Phi) is 7.26. The molecule has 0 aliphatic carbocycles. The van der Waals surface area contributed by atoms with Crippen LogP contribution >= 0.6 is 0 Å². The molecule has 2 heterocycles. The summed E-state index contributed by atoms with van der Waals surface area (Å²) in [6, 6.07) is 52.0. The van der Waals surface area contributed by atoms with Crippen LogP contribution in [-0.2, 0) is 0 Å². The van der Waals surface area contributed by atoms with Gasteiger partial charge < -0.3 is 4.42 Å². The molecule has 7 aromatic carbocycles. The van der Waals surface area contributed by atoms with Gasteiger partial charge in [0.2, 0.25) is 0 Å². The van der Waals surface area contributed by atoms with Crippen molar-refractivity contribution in [3.8, 4) is 50.5 Å². The van der Waals surface area contributed by atoms with Gasteiger partial charge in [0, 0.05) is 14.9 Å². The lowest BCUT2D eigenvalue weighted by atomic mass is 9.87. The van der Waals surface area contributed by atoms with Gasteiger partial charge in [0.15, 0.2) is 0 Å². The number of benzene rings is 7. The predicted octanol–water partition coefficient (Wildman–Crippen LogP) is 14.1. The summed E-state index contributed by atoms with van der Waals surface area (Å²) in [6.07, 6.45) is 0. The highest BCUT2D eigenvalue weighted by molar-refractivity contribution is 6.10. The molecule has 2 aromatic heterocycles. The Hall–Kier alpha value is -6.19. The second-order valence-electron chi connectivity index (χ2n) is 14.6. The molecule has 0 bridgehead atoms. The maximum absolute atomic E-state index is 8.70. The Morgan fingerprint density at radius 1 is 0.547 bits per heavy atom. The number of rotatable bonds is 7. The lowest BCUT2D eigenvalue weighted by molar-refractivity contribution is 0.669. The van der Waals surface area contributed by atoms with Crippen molar-refractivity contribution in [3.05, 3.63) is 168 Å². The third kappa shape index (κ3) is 5.64. The van der Waals surface area contributed by atoms with E-state index in [2.05, 4.69) is 129 Å². The SMILES string of the molecule is [2H]C([2H])([2H])c1cccc2nc(-c3cccc4c3oc3cc(-c5ccccc5)ccc34)n(-c3c(C(C)C)cc(-c4ccc(-c5ccccc5)cc4)cc3C(C)C)c12. The number of aryl methyl sites for hydroxylation is 1. The van der Waals surface area contributed by atoms with Crippen molar-refractivity contribution in [1.29, 1.82) is 0 Å². The molecule has 0 amide bonds.